The number of hydrogen-bond acceptors (Lipinski definition) is 3. The molecule has 0 aliphatic rings. The van der Waals surface area contributed by atoms with Crippen LogP contribution in [0.25, 0.3) is 0 Å². The molecule has 0 bridgehead atoms. The molecule has 0 N–H and O–H groups in total. The molecule has 0 aromatic heterocycles. The first-order valence-corrected chi connectivity index (χ1v) is 19.5. The predicted octanol–water partition coefficient (Wildman–Crippen LogP) is 10.9. The fourth-order valence-electron chi connectivity index (χ4n) is 5.04. The van der Waals surface area contributed by atoms with Crippen molar-refractivity contribution < 1.29 is 9.47 Å². The van der Waals surface area contributed by atoms with E-state index in [1.165, 1.54) is 160 Å². The molecule has 0 aliphatic heterocycles. The normalized spacial score (nSPS) is 12.9. The van der Waals surface area contributed by atoms with Crippen molar-refractivity contribution in [2.45, 2.75) is 187 Å². The Morgan fingerprint density at radius 3 is 1.08 bits per heavy atom. The quantitative estimate of drug-likeness (QED) is 0.0383. The van der Waals surface area contributed by atoms with Gasteiger partial charge in [-0.25, -0.2) is 0 Å². The molecule has 0 aromatic rings. The monoisotopic (exact) mass is 558 g/mol. The number of hydrogen-bond donors (Lipinski definition) is 1. The van der Waals surface area contributed by atoms with Crippen molar-refractivity contribution >= 4 is 22.1 Å². The van der Waals surface area contributed by atoms with Gasteiger partial charge in [0.25, 0.3) is 0 Å². The van der Waals surface area contributed by atoms with Crippen molar-refractivity contribution in [3.63, 3.8) is 0 Å². The molecular formula is C33H70O2SSi. The first-order chi connectivity index (χ1) is 18.2. The summed E-state index contributed by atoms with van der Waals surface area (Å²) < 4.78 is 12.5. The summed E-state index contributed by atoms with van der Waals surface area (Å²) in [5.41, 5.74) is 0. The Bertz CT molecular complexity index is 380. The second-order valence-corrected chi connectivity index (χ2v) is 14.0. The van der Waals surface area contributed by atoms with Gasteiger partial charge < -0.3 is 9.47 Å². The minimum atomic E-state index is -0.350. The third kappa shape index (κ3) is 30.9. The smallest absolute Gasteiger partial charge is 0.134 e. The van der Waals surface area contributed by atoms with E-state index < -0.39 is 0 Å². The van der Waals surface area contributed by atoms with Gasteiger partial charge in [0, 0.05) is 13.2 Å². The molecule has 1 atom stereocenters. The Kier molecular flexibility index (Phi) is 33.1. The Hall–Kier alpha value is 0.487. The van der Waals surface area contributed by atoms with Crippen LogP contribution in [0.15, 0.2) is 0 Å². The van der Waals surface area contributed by atoms with Crippen LogP contribution >= 0.6 is 12.6 Å². The Morgan fingerprint density at radius 2 is 0.784 bits per heavy atom. The molecule has 224 valence electrons. The maximum absolute atomic E-state index is 6.25. The molecule has 0 saturated carbocycles. The summed E-state index contributed by atoms with van der Waals surface area (Å²) in [5, 5.41) is 0. The predicted molar refractivity (Wildman–Crippen MR) is 174 cm³/mol. The molecule has 0 radical (unpaired) electrons. The highest BCUT2D eigenvalue weighted by atomic mass is 32.1. The minimum absolute atomic E-state index is 0.128. The Labute approximate surface area is 242 Å². The molecule has 0 heterocycles. The first kappa shape index (κ1) is 37.5. The van der Waals surface area contributed by atoms with Crippen LogP contribution in [0.5, 0.6) is 0 Å². The van der Waals surface area contributed by atoms with Crippen LogP contribution in [0, 0.1) is 5.92 Å². The van der Waals surface area contributed by atoms with Crippen LogP contribution in [0.1, 0.15) is 175 Å². The number of ether oxygens (including phenoxy) is 2. The lowest BCUT2D eigenvalue weighted by molar-refractivity contribution is -0.0926. The van der Waals surface area contributed by atoms with E-state index in [2.05, 4.69) is 33.4 Å². The van der Waals surface area contributed by atoms with Crippen molar-refractivity contribution in [3.8, 4) is 0 Å². The van der Waals surface area contributed by atoms with Gasteiger partial charge in [-0.15, -0.1) is 0 Å². The third-order valence-corrected chi connectivity index (χ3v) is 10.7. The van der Waals surface area contributed by atoms with E-state index in [1.54, 1.807) is 0 Å². The van der Waals surface area contributed by atoms with E-state index in [4.69, 9.17) is 9.47 Å². The van der Waals surface area contributed by atoms with Gasteiger partial charge in [-0.05, 0) is 24.5 Å². The fourth-order valence-corrected chi connectivity index (χ4v) is 7.28. The molecule has 37 heavy (non-hydrogen) atoms. The highest BCUT2D eigenvalue weighted by molar-refractivity contribution is 7.80. The zero-order valence-electron chi connectivity index (χ0n) is 25.9. The number of rotatable bonds is 32. The molecule has 4 heteroatoms. The summed E-state index contributed by atoms with van der Waals surface area (Å²) in [5.74, 6) is 1.81. The molecule has 0 fully saturated rings. The summed E-state index contributed by atoms with van der Waals surface area (Å²) in [6.07, 6.45) is 33.4. The van der Waals surface area contributed by atoms with Crippen LogP contribution in [0.4, 0.5) is 0 Å². The molecule has 0 saturated heterocycles. The van der Waals surface area contributed by atoms with Crippen molar-refractivity contribution in [1.82, 2.24) is 0 Å². The van der Waals surface area contributed by atoms with Gasteiger partial charge in [-0.1, -0.05) is 168 Å². The van der Waals surface area contributed by atoms with Crippen LogP contribution in [-0.2, 0) is 9.47 Å². The van der Waals surface area contributed by atoms with Crippen LogP contribution in [0.3, 0.4) is 0 Å². The van der Waals surface area contributed by atoms with Crippen molar-refractivity contribution in [1.29, 1.82) is 0 Å². The Morgan fingerprint density at radius 1 is 0.486 bits per heavy atom. The van der Waals surface area contributed by atoms with E-state index in [-0.39, 0.29) is 15.4 Å². The van der Waals surface area contributed by atoms with Crippen molar-refractivity contribution in [3.05, 3.63) is 0 Å². The second-order valence-electron chi connectivity index (χ2n) is 11.8. The van der Waals surface area contributed by atoms with E-state index in [9.17, 15) is 0 Å². The zero-order valence-corrected chi connectivity index (χ0v) is 28.2. The van der Waals surface area contributed by atoms with Crippen molar-refractivity contribution in [2.24, 2.45) is 5.92 Å². The SMILES string of the molecule is CCCCCCCCCCCCCCOC(OCCCCCCCCCCCCCC)[SiH2]CC(C)CS. The van der Waals surface area contributed by atoms with Gasteiger partial charge in [0.15, 0.2) is 0 Å². The fraction of sp³-hybridized carbons (Fsp3) is 1.00. The van der Waals surface area contributed by atoms with Gasteiger partial charge >= 0.3 is 0 Å². The molecule has 0 aliphatic carbocycles. The maximum Gasteiger partial charge on any atom is 0.134 e. The van der Waals surface area contributed by atoms with Gasteiger partial charge in [-0.3, -0.25) is 0 Å². The highest BCUT2D eigenvalue weighted by Crippen LogP contribution is 2.14. The molecule has 0 spiro atoms. The van der Waals surface area contributed by atoms with E-state index in [1.807, 2.05) is 0 Å². The minimum Gasteiger partial charge on any atom is -0.357 e. The average molecular weight is 559 g/mol. The van der Waals surface area contributed by atoms with E-state index in [0.717, 1.165) is 19.0 Å². The largest absolute Gasteiger partial charge is 0.357 e. The van der Waals surface area contributed by atoms with Gasteiger partial charge in [-0.2, -0.15) is 12.6 Å². The lowest BCUT2D eigenvalue weighted by atomic mass is 10.1. The number of unbranched alkanes of at least 4 members (excludes halogenated alkanes) is 22. The molecule has 0 rings (SSSR count). The standard InChI is InChI=1S/C33H70O2SSi/c1-4-6-8-10-12-14-16-18-20-22-24-26-28-34-33(37-31-32(3)30-36)35-29-27-25-23-21-19-17-15-13-11-9-7-5-2/h32-33,36H,4-31,37H2,1-3H3. The van der Waals surface area contributed by atoms with E-state index in [0.29, 0.717) is 5.92 Å². The molecule has 0 amide bonds. The zero-order chi connectivity index (χ0) is 27.1. The Balaban J connectivity index is 3.67. The summed E-state index contributed by atoms with van der Waals surface area (Å²) in [6.45, 7) is 8.69. The topological polar surface area (TPSA) is 18.5 Å². The molecule has 2 nitrogen and oxygen atoms in total. The molecular weight excluding hydrogens is 489 g/mol. The highest BCUT2D eigenvalue weighted by Gasteiger charge is 2.12. The van der Waals surface area contributed by atoms with Gasteiger partial charge in [0.05, 0.1) is 9.52 Å². The summed E-state index contributed by atoms with van der Waals surface area (Å²) in [4.78, 5) is 0. The summed E-state index contributed by atoms with van der Waals surface area (Å²) >= 11 is 4.48. The maximum atomic E-state index is 6.25. The van der Waals surface area contributed by atoms with Gasteiger partial charge in [0.2, 0.25) is 0 Å². The van der Waals surface area contributed by atoms with Crippen molar-refractivity contribution in [2.75, 3.05) is 19.0 Å². The summed E-state index contributed by atoms with van der Waals surface area (Å²) in [6, 6.07) is 1.28. The molecule has 1 unspecified atom stereocenters. The number of thiol groups is 1. The lowest BCUT2D eigenvalue weighted by Crippen LogP contribution is -2.27. The lowest BCUT2D eigenvalue weighted by Gasteiger charge is -2.20. The third-order valence-electron chi connectivity index (χ3n) is 7.81. The van der Waals surface area contributed by atoms with Gasteiger partial charge in [0.1, 0.15) is 5.91 Å². The average Bonchev–Trinajstić information content (AvgIpc) is 2.91. The van der Waals surface area contributed by atoms with E-state index >= 15 is 0 Å². The second kappa shape index (κ2) is 32.7. The first-order valence-electron chi connectivity index (χ1n) is 17.1. The summed E-state index contributed by atoms with van der Waals surface area (Å²) in [7, 11) is -0.350. The van der Waals surface area contributed by atoms with Crippen LogP contribution in [-0.4, -0.2) is 34.4 Å². The van der Waals surface area contributed by atoms with Crippen LogP contribution < -0.4 is 0 Å². The molecule has 0 aromatic carbocycles. The van der Waals surface area contributed by atoms with Crippen LogP contribution in [0.2, 0.25) is 6.04 Å².